The van der Waals surface area contributed by atoms with Crippen molar-refractivity contribution in [2.45, 2.75) is 12.5 Å². The van der Waals surface area contributed by atoms with Gasteiger partial charge in [0.2, 0.25) is 0 Å². The van der Waals surface area contributed by atoms with E-state index in [0.29, 0.717) is 6.61 Å². The van der Waals surface area contributed by atoms with Crippen LogP contribution >= 0.6 is 0 Å². The topological polar surface area (TPSA) is 21.8 Å². The summed E-state index contributed by atoms with van der Waals surface area (Å²) < 4.78 is 11.3. The fourth-order valence-corrected chi connectivity index (χ4v) is 2.92. The molecule has 0 N–H and O–H groups in total. The maximum Gasteiger partial charge on any atom is 0.123 e. The van der Waals surface area contributed by atoms with Crippen LogP contribution in [0.3, 0.4) is 0 Å². The highest BCUT2D eigenvalue weighted by Crippen LogP contribution is 2.33. The second-order valence-electron chi connectivity index (χ2n) is 6.08. The molecule has 3 aromatic rings. The van der Waals surface area contributed by atoms with Gasteiger partial charge in [0.25, 0.3) is 0 Å². The number of hydrogen-bond donors (Lipinski definition) is 0. The van der Waals surface area contributed by atoms with Crippen molar-refractivity contribution < 1.29 is 9.47 Å². The predicted molar refractivity (Wildman–Crippen MR) is 96.4 cm³/mol. The first kappa shape index (κ1) is 15.0. The minimum atomic E-state index is 0.259. The molecule has 2 nitrogen and oxygen atoms in total. The highest BCUT2D eigenvalue weighted by molar-refractivity contribution is 5.70. The molecule has 0 saturated carbocycles. The summed E-state index contributed by atoms with van der Waals surface area (Å²) in [6.45, 7) is 1.44. The van der Waals surface area contributed by atoms with Crippen molar-refractivity contribution in [1.29, 1.82) is 0 Å². The first-order valence-corrected chi connectivity index (χ1v) is 8.36. The van der Waals surface area contributed by atoms with Crippen molar-refractivity contribution in [2.24, 2.45) is 0 Å². The number of hydrogen-bond acceptors (Lipinski definition) is 2. The van der Waals surface area contributed by atoms with E-state index in [-0.39, 0.29) is 6.10 Å². The summed E-state index contributed by atoms with van der Waals surface area (Å²) in [7, 11) is 0. The molecule has 1 saturated heterocycles. The Kier molecular flexibility index (Phi) is 4.30. The van der Waals surface area contributed by atoms with E-state index in [1.807, 2.05) is 6.07 Å². The predicted octanol–water partition coefficient (Wildman–Crippen LogP) is 4.72. The third-order valence-corrected chi connectivity index (χ3v) is 4.27. The molecule has 0 amide bonds. The Labute approximate surface area is 142 Å². The van der Waals surface area contributed by atoms with Crippen molar-refractivity contribution >= 4 is 0 Å². The summed E-state index contributed by atoms with van der Waals surface area (Å²) in [6.07, 6.45) is 1.11. The van der Waals surface area contributed by atoms with E-state index in [2.05, 4.69) is 72.8 Å². The van der Waals surface area contributed by atoms with Crippen LogP contribution in [0.2, 0.25) is 0 Å². The van der Waals surface area contributed by atoms with Gasteiger partial charge in [0.05, 0.1) is 6.61 Å². The van der Waals surface area contributed by atoms with Gasteiger partial charge in [-0.3, -0.25) is 0 Å². The number of benzene rings is 3. The molecule has 1 heterocycles. The molecular formula is C22H20O2. The van der Waals surface area contributed by atoms with Gasteiger partial charge in [-0.05, 0) is 22.8 Å². The fourth-order valence-electron chi connectivity index (χ4n) is 2.92. The molecule has 2 heteroatoms. The van der Waals surface area contributed by atoms with E-state index >= 15 is 0 Å². The summed E-state index contributed by atoms with van der Waals surface area (Å²) >= 11 is 0. The lowest BCUT2D eigenvalue weighted by Gasteiger charge is -2.16. The van der Waals surface area contributed by atoms with Crippen LogP contribution in [0, 0.1) is 0 Å². The molecular weight excluding hydrogens is 296 g/mol. The van der Waals surface area contributed by atoms with Gasteiger partial charge in [0.15, 0.2) is 0 Å². The van der Waals surface area contributed by atoms with Crippen molar-refractivity contribution in [3.8, 4) is 16.9 Å². The Balaban J connectivity index is 1.72. The van der Waals surface area contributed by atoms with Gasteiger partial charge in [-0.1, -0.05) is 72.8 Å². The van der Waals surface area contributed by atoms with Crippen LogP contribution in [-0.2, 0) is 11.2 Å². The molecule has 120 valence electrons. The Hall–Kier alpha value is -2.58. The molecule has 0 radical (unpaired) electrons. The minimum Gasteiger partial charge on any atom is -0.490 e. The summed E-state index contributed by atoms with van der Waals surface area (Å²) in [6, 6.07) is 27.3. The summed E-state index contributed by atoms with van der Waals surface area (Å²) in [5, 5.41) is 0. The summed E-state index contributed by atoms with van der Waals surface area (Å²) in [4.78, 5) is 0. The van der Waals surface area contributed by atoms with Crippen LogP contribution in [0.15, 0.2) is 78.9 Å². The standard InChI is InChI=1S/C22H20O2/c1-3-8-17(9-4-1)14-21-20(18-10-5-2-6-11-18)12-7-13-22(21)24-16-19-15-23-19/h1-13,19H,14-16H2. The summed E-state index contributed by atoms with van der Waals surface area (Å²) in [5.74, 6) is 0.954. The van der Waals surface area contributed by atoms with Crippen LogP contribution in [0.1, 0.15) is 11.1 Å². The highest BCUT2D eigenvalue weighted by atomic mass is 16.6. The Morgan fingerprint density at radius 1 is 0.833 bits per heavy atom. The van der Waals surface area contributed by atoms with Gasteiger partial charge in [-0.2, -0.15) is 0 Å². The van der Waals surface area contributed by atoms with Gasteiger partial charge >= 0.3 is 0 Å². The molecule has 0 bridgehead atoms. The molecule has 0 aliphatic carbocycles. The largest absolute Gasteiger partial charge is 0.490 e. The maximum atomic E-state index is 6.07. The number of rotatable bonds is 6. The average Bonchev–Trinajstić information content (AvgIpc) is 3.47. The Morgan fingerprint density at radius 3 is 2.25 bits per heavy atom. The van der Waals surface area contributed by atoms with Gasteiger partial charge in [0, 0.05) is 12.0 Å². The lowest BCUT2D eigenvalue weighted by atomic mass is 9.94. The van der Waals surface area contributed by atoms with Crippen molar-refractivity contribution in [1.82, 2.24) is 0 Å². The van der Waals surface area contributed by atoms with E-state index in [9.17, 15) is 0 Å². The second-order valence-corrected chi connectivity index (χ2v) is 6.08. The molecule has 0 aromatic heterocycles. The first-order chi connectivity index (χ1) is 11.9. The molecule has 1 unspecified atom stereocenters. The second kappa shape index (κ2) is 6.90. The number of epoxide rings is 1. The summed E-state index contributed by atoms with van der Waals surface area (Å²) in [5.41, 5.74) is 4.97. The smallest absolute Gasteiger partial charge is 0.123 e. The van der Waals surface area contributed by atoms with Crippen LogP contribution < -0.4 is 4.74 Å². The molecule has 24 heavy (non-hydrogen) atoms. The van der Waals surface area contributed by atoms with Crippen LogP contribution in [-0.4, -0.2) is 19.3 Å². The van der Waals surface area contributed by atoms with Crippen LogP contribution in [0.5, 0.6) is 5.75 Å². The van der Waals surface area contributed by atoms with Gasteiger partial charge in [0.1, 0.15) is 18.5 Å². The van der Waals surface area contributed by atoms with E-state index in [0.717, 1.165) is 18.8 Å². The normalized spacial score (nSPS) is 15.9. The molecule has 1 aliphatic heterocycles. The van der Waals surface area contributed by atoms with E-state index < -0.39 is 0 Å². The van der Waals surface area contributed by atoms with Gasteiger partial charge in [-0.15, -0.1) is 0 Å². The fraction of sp³-hybridized carbons (Fsp3) is 0.182. The van der Waals surface area contributed by atoms with Crippen molar-refractivity contribution in [2.75, 3.05) is 13.2 Å². The Bertz CT molecular complexity index is 793. The van der Waals surface area contributed by atoms with Gasteiger partial charge in [-0.25, -0.2) is 0 Å². The van der Waals surface area contributed by atoms with E-state index in [4.69, 9.17) is 9.47 Å². The molecule has 0 spiro atoms. The average molecular weight is 316 g/mol. The molecule has 1 fully saturated rings. The maximum absolute atomic E-state index is 6.07. The van der Waals surface area contributed by atoms with E-state index in [1.54, 1.807) is 0 Å². The first-order valence-electron chi connectivity index (χ1n) is 8.36. The minimum absolute atomic E-state index is 0.259. The highest BCUT2D eigenvalue weighted by Gasteiger charge is 2.24. The number of ether oxygens (including phenoxy) is 2. The molecule has 1 aliphatic rings. The van der Waals surface area contributed by atoms with Gasteiger partial charge < -0.3 is 9.47 Å². The van der Waals surface area contributed by atoms with Crippen molar-refractivity contribution in [3.63, 3.8) is 0 Å². The molecule has 4 rings (SSSR count). The SMILES string of the molecule is c1ccc(Cc2c(OCC3CO3)cccc2-c2ccccc2)cc1. The Morgan fingerprint density at radius 2 is 1.54 bits per heavy atom. The zero-order valence-corrected chi connectivity index (χ0v) is 13.5. The lowest BCUT2D eigenvalue weighted by Crippen LogP contribution is -2.07. The quantitative estimate of drug-likeness (QED) is 0.614. The van der Waals surface area contributed by atoms with Crippen LogP contribution in [0.4, 0.5) is 0 Å². The monoisotopic (exact) mass is 316 g/mol. The van der Waals surface area contributed by atoms with Crippen LogP contribution in [0.25, 0.3) is 11.1 Å². The third kappa shape index (κ3) is 3.50. The van der Waals surface area contributed by atoms with Crippen molar-refractivity contribution in [3.05, 3.63) is 90.0 Å². The van der Waals surface area contributed by atoms with E-state index in [1.165, 1.54) is 22.3 Å². The zero-order chi connectivity index (χ0) is 16.2. The lowest BCUT2D eigenvalue weighted by molar-refractivity contribution is 0.261. The third-order valence-electron chi connectivity index (χ3n) is 4.27. The molecule has 3 aromatic carbocycles. The molecule has 1 atom stereocenters. The zero-order valence-electron chi connectivity index (χ0n) is 13.5.